The van der Waals surface area contributed by atoms with Crippen LogP contribution in [0.15, 0.2) is 55.3 Å². The third-order valence-corrected chi connectivity index (χ3v) is 4.82. The Hall–Kier alpha value is -2.59. The van der Waals surface area contributed by atoms with E-state index < -0.39 is 0 Å². The summed E-state index contributed by atoms with van der Waals surface area (Å²) in [6, 6.07) is 12.2. The minimum atomic E-state index is -0.259. The third-order valence-electron chi connectivity index (χ3n) is 4.82. The van der Waals surface area contributed by atoms with Crippen molar-refractivity contribution >= 4 is 11.1 Å². The van der Waals surface area contributed by atoms with Gasteiger partial charge in [0.15, 0.2) is 0 Å². The zero-order valence-electron chi connectivity index (χ0n) is 16.7. The van der Waals surface area contributed by atoms with Crippen LogP contribution in [-0.4, -0.2) is 31.1 Å². The summed E-state index contributed by atoms with van der Waals surface area (Å²) in [5.74, 6) is 1.26. The molecule has 148 valence electrons. The van der Waals surface area contributed by atoms with Gasteiger partial charge in [0.25, 0.3) is 0 Å². The van der Waals surface area contributed by atoms with Gasteiger partial charge in [-0.05, 0) is 61.3 Å². The van der Waals surface area contributed by atoms with Crippen molar-refractivity contribution < 1.29 is 13.9 Å². The Morgan fingerprint density at radius 3 is 2.39 bits per heavy atom. The van der Waals surface area contributed by atoms with E-state index in [1.807, 2.05) is 18.2 Å². The number of benzene rings is 2. The van der Waals surface area contributed by atoms with Crippen molar-refractivity contribution in [2.75, 3.05) is 26.2 Å². The van der Waals surface area contributed by atoms with Gasteiger partial charge in [0.1, 0.15) is 23.9 Å². The summed E-state index contributed by atoms with van der Waals surface area (Å²) in [5, 5.41) is 0. The molecular formula is C24H28FNO2. The molecule has 3 rings (SSSR count). The van der Waals surface area contributed by atoms with Gasteiger partial charge in [0, 0.05) is 23.7 Å². The van der Waals surface area contributed by atoms with Gasteiger partial charge < -0.3 is 9.47 Å². The van der Waals surface area contributed by atoms with Crippen molar-refractivity contribution in [1.29, 1.82) is 0 Å². The molecule has 2 aromatic carbocycles. The van der Waals surface area contributed by atoms with Gasteiger partial charge in [-0.3, -0.25) is 4.90 Å². The van der Waals surface area contributed by atoms with Gasteiger partial charge in [-0.15, -0.1) is 0 Å². The van der Waals surface area contributed by atoms with Crippen molar-refractivity contribution in [3.05, 3.63) is 72.2 Å². The highest BCUT2D eigenvalue weighted by Crippen LogP contribution is 2.40. The maximum absolute atomic E-state index is 13.2. The first kappa shape index (κ1) is 20.2. The second kappa shape index (κ2) is 9.56. The van der Waals surface area contributed by atoms with Crippen molar-refractivity contribution in [3.63, 3.8) is 0 Å². The van der Waals surface area contributed by atoms with E-state index in [0.717, 1.165) is 66.2 Å². The Labute approximate surface area is 167 Å². The Morgan fingerprint density at radius 2 is 1.71 bits per heavy atom. The molecule has 2 aromatic rings. The van der Waals surface area contributed by atoms with Crippen molar-refractivity contribution in [2.24, 2.45) is 0 Å². The predicted molar refractivity (Wildman–Crippen MR) is 113 cm³/mol. The summed E-state index contributed by atoms with van der Waals surface area (Å²) < 4.78 is 25.0. The molecule has 1 aliphatic heterocycles. The van der Waals surface area contributed by atoms with Crippen LogP contribution in [0.3, 0.4) is 0 Å². The molecule has 0 aromatic heterocycles. The van der Waals surface area contributed by atoms with E-state index in [4.69, 9.17) is 9.47 Å². The molecule has 1 aliphatic rings. The van der Waals surface area contributed by atoms with Gasteiger partial charge in [0.2, 0.25) is 0 Å². The standard InChI is InChI=1S/C24H28FNO2/c1-4-12-26(13-5-2)14-15-27-21-10-11-22-18(3)23(17-28-24(22)16-21)19-6-8-20(25)9-7-19/h6-11,16-17H,3-5,12-15H2,1-2H3. The zero-order chi connectivity index (χ0) is 19.9. The summed E-state index contributed by atoms with van der Waals surface area (Å²) >= 11 is 0. The lowest BCUT2D eigenvalue weighted by atomic mass is 9.92. The summed E-state index contributed by atoms with van der Waals surface area (Å²) in [6.45, 7) is 12.4. The van der Waals surface area contributed by atoms with Crippen LogP contribution in [0.5, 0.6) is 11.5 Å². The second-order valence-electron chi connectivity index (χ2n) is 6.98. The summed E-state index contributed by atoms with van der Waals surface area (Å²) in [7, 11) is 0. The number of rotatable bonds is 9. The second-order valence-corrected chi connectivity index (χ2v) is 6.98. The fourth-order valence-corrected chi connectivity index (χ4v) is 3.41. The van der Waals surface area contributed by atoms with E-state index in [0.29, 0.717) is 6.61 Å². The average molecular weight is 381 g/mol. The third kappa shape index (κ3) is 4.82. The first-order chi connectivity index (χ1) is 13.6. The molecule has 3 nitrogen and oxygen atoms in total. The normalized spacial score (nSPS) is 13.1. The zero-order valence-corrected chi connectivity index (χ0v) is 16.7. The van der Waals surface area contributed by atoms with Crippen LogP contribution in [-0.2, 0) is 0 Å². The van der Waals surface area contributed by atoms with E-state index in [1.54, 1.807) is 18.4 Å². The molecule has 4 heteroatoms. The van der Waals surface area contributed by atoms with Crippen LogP contribution >= 0.6 is 0 Å². The smallest absolute Gasteiger partial charge is 0.138 e. The number of ether oxygens (including phenoxy) is 2. The topological polar surface area (TPSA) is 21.7 Å². The van der Waals surface area contributed by atoms with Gasteiger partial charge in [-0.1, -0.05) is 32.6 Å². The first-order valence-corrected chi connectivity index (χ1v) is 9.94. The highest BCUT2D eigenvalue weighted by atomic mass is 19.1. The fraction of sp³-hybridized carbons (Fsp3) is 0.333. The lowest BCUT2D eigenvalue weighted by Gasteiger charge is -2.22. The lowest BCUT2D eigenvalue weighted by Crippen LogP contribution is -2.30. The molecule has 1 heterocycles. The Kier molecular flexibility index (Phi) is 6.88. The average Bonchev–Trinajstić information content (AvgIpc) is 2.69. The van der Waals surface area contributed by atoms with Crippen molar-refractivity contribution in [2.45, 2.75) is 26.7 Å². The van der Waals surface area contributed by atoms with E-state index in [2.05, 4.69) is 25.3 Å². The van der Waals surface area contributed by atoms with Gasteiger partial charge >= 0.3 is 0 Å². The molecule has 0 spiro atoms. The van der Waals surface area contributed by atoms with E-state index in [9.17, 15) is 4.39 Å². The van der Waals surface area contributed by atoms with Crippen LogP contribution in [0.2, 0.25) is 0 Å². The fourth-order valence-electron chi connectivity index (χ4n) is 3.41. The largest absolute Gasteiger partial charge is 0.492 e. The molecule has 0 saturated carbocycles. The highest BCUT2D eigenvalue weighted by molar-refractivity contribution is 6.06. The van der Waals surface area contributed by atoms with Crippen molar-refractivity contribution in [1.82, 2.24) is 4.90 Å². The Balaban J connectivity index is 1.65. The minimum Gasteiger partial charge on any atom is -0.492 e. The molecule has 0 radical (unpaired) electrons. The van der Waals surface area contributed by atoms with Crippen molar-refractivity contribution in [3.8, 4) is 11.5 Å². The molecule has 0 bridgehead atoms. The molecule has 0 fully saturated rings. The van der Waals surface area contributed by atoms with Crippen LogP contribution in [0, 0.1) is 5.82 Å². The summed E-state index contributed by atoms with van der Waals surface area (Å²) in [6.07, 6.45) is 3.97. The van der Waals surface area contributed by atoms with E-state index >= 15 is 0 Å². The number of nitrogens with zero attached hydrogens (tertiary/aromatic N) is 1. The van der Waals surface area contributed by atoms with Gasteiger partial charge in [-0.25, -0.2) is 4.39 Å². The maximum Gasteiger partial charge on any atom is 0.138 e. The number of fused-ring (bicyclic) bond motifs is 1. The molecule has 0 unspecified atom stereocenters. The Morgan fingerprint density at radius 1 is 1.00 bits per heavy atom. The summed E-state index contributed by atoms with van der Waals surface area (Å²) in [4.78, 5) is 2.43. The van der Waals surface area contributed by atoms with E-state index in [-0.39, 0.29) is 5.82 Å². The predicted octanol–water partition coefficient (Wildman–Crippen LogP) is 5.77. The Bertz CT molecular complexity index is 836. The first-order valence-electron chi connectivity index (χ1n) is 9.94. The summed E-state index contributed by atoms with van der Waals surface area (Å²) in [5.41, 5.74) is 3.52. The molecule has 0 N–H and O–H groups in total. The number of halogens is 1. The number of allylic oxidation sites excluding steroid dienone is 2. The molecule has 28 heavy (non-hydrogen) atoms. The quantitative estimate of drug-likeness (QED) is 0.550. The molecular weight excluding hydrogens is 353 g/mol. The van der Waals surface area contributed by atoms with Gasteiger partial charge in [0.05, 0.1) is 6.26 Å². The van der Waals surface area contributed by atoms with Crippen LogP contribution < -0.4 is 9.47 Å². The maximum atomic E-state index is 13.2. The van der Waals surface area contributed by atoms with Crippen LogP contribution in [0.1, 0.15) is 37.8 Å². The highest BCUT2D eigenvalue weighted by Gasteiger charge is 2.19. The monoisotopic (exact) mass is 381 g/mol. The molecule has 0 amide bonds. The lowest BCUT2D eigenvalue weighted by molar-refractivity contribution is 0.208. The van der Waals surface area contributed by atoms with Gasteiger partial charge in [-0.2, -0.15) is 0 Å². The minimum absolute atomic E-state index is 0.259. The van der Waals surface area contributed by atoms with Crippen LogP contribution in [0.25, 0.3) is 11.1 Å². The molecule has 0 aliphatic carbocycles. The number of hydrogen-bond donors (Lipinski definition) is 0. The van der Waals surface area contributed by atoms with Crippen LogP contribution in [0.4, 0.5) is 4.39 Å². The SMILES string of the molecule is C=C1C(c2ccc(F)cc2)=COc2cc(OCCN(CCC)CCC)ccc21. The molecule has 0 saturated heterocycles. The van der Waals surface area contributed by atoms with E-state index in [1.165, 1.54) is 12.1 Å². The number of hydrogen-bond acceptors (Lipinski definition) is 3. The molecule has 0 atom stereocenters.